The topological polar surface area (TPSA) is 64.6 Å². The van der Waals surface area contributed by atoms with E-state index in [1.54, 1.807) is 20.8 Å². The van der Waals surface area contributed by atoms with Gasteiger partial charge in [0.1, 0.15) is 5.60 Å². The monoisotopic (exact) mass is 255 g/mol. The van der Waals surface area contributed by atoms with Gasteiger partial charge < -0.3 is 14.8 Å². The first-order chi connectivity index (χ1) is 8.31. The van der Waals surface area contributed by atoms with E-state index in [0.29, 0.717) is 19.6 Å². The summed E-state index contributed by atoms with van der Waals surface area (Å²) in [6.07, 6.45) is 1.33. The molecule has 1 heterocycles. The Labute approximate surface area is 108 Å². The van der Waals surface area contributed by atoms with Crippen LogP contribution in [0.3, 0.4) is 0 Å². The van der Waals surface area contributed by atoms with Gasteiger partial charge in [0.2, 0.25) is 0 Å². The van der Waals surface area contributed by atoms with Crippen molar-refractivity contribution in [2.45, 2.75) is 38.9 Å². The van der Waals surface area contributed by atoms with Gasteiger partial charge in [-0.2, -0.15) is 0 Å². The van der Waals surface area contributed by atoms with Crippen molar-refractivity contribution in [1.82, 2.24) is 5.32 Å². The largest absolute Gasteiger partial charge is 0.444 e. The molecule has 1 aliphatic rings. The lowest BCUT2D eigenvalue weighted by Gasteiger charge is -2.20. The first kappa shape index (κ1) is 14.7. The van der Waals surface area contributed by atoms with E-state index in [2.05, 4.69) is 11.9 Å². The molecular weight excluding hydrogens is 234 g/mol. The van der Waals surface area contributed by atoms with Crippen molar-refractivity contribution in [2.24, 2.45) is 5.92 Å². The number of allylic oxidation sites excluding steroid dienone is 1. The van der Waals surface area contributed by atoms with Crippen LogP contribution >= 0.6 is 0 Å². The number of rotatable bonds is 4. The number of amides is 1. The maximum Gasteiger partial charge on any atom is 0.407 e. The van der Waals surface area contributed by atoms with E-state index in [9.17, 15) is 9.59 Å². The van der Waals surface area contributed by atoms with Crippen LogP contribution in [-0.4, -0.2) is 36.7 Å². The van der Waals surface area contributed by atoms with E-state index >= 15 is 0 Å². The predicted octanol–water partition coefficient (Wildman–Crippen LogP) is 1.67. The molecule has 5 heteroatoms. The van der Waals surface area contributed by atoms with Crippen LogP contribution in [-0.2, 0) is 14.3 Å². The van der Waals surface area contributed by atoms with Crippen molar-refractivity contribution < 1.29 is 19.1 Å². The van der Waals surface area contributed by atoms with Crippen molar-refractivity contribution in [1.29, 1.82) is 0 Å². The van der Waals surface area contributed by atoms with Crippen molar-refractivity contribution in [3.63, 3.8) is 0 Å². The molecule has 1 N–H and O–H groups in total. The number of ketones is 1. The Hall–Kier alpha value is -1.36. The lowest BCUT2D eigenvalue weighted by Crippen LogP contribution is -2.36. The molecule has 5 nitrogen and oxygen atoms in total. The molecule has 0 aliphatic carbocycles. The molecule has 0 aromatic rings. The lowest BCUT2D eigenvalue weighted by atomic mass is 10.0. The zero-order chi connectivity index (χ0) is 13.8. The molecule has 1 rings (SSSR count). The minimum atomic E-state index is -0.512. The molecule has 18 heavy (non-hydrogen) atoms. The molecule has 1 aliphatic heterocycles. The minimum absolute atomic E-state index is 0.00484. The molecule has 2 atom stereocenters. The van der Waals surface area contributed by atoms with Crippen LogP contribution < -0.4 is 5.32 Å². The van der Waals surface area contributed by atoms with Crippen molar-refractivity contribution in [3.05, 3.63) is 12.7 Å². The van der Waals surface area contributed by atoms with E-state index < -0.39 is 11.7 Å². The second-order valence-corrected chi connectivity index (χ2v) is 5.38. The summed E-state index contributed by atoms with van der Waals surface area (Å²) >= 11 is 0. The Balaban J connectivity index is 2.28. The first-order valence-electron chi connectivity index (χ1n) is 6.06. The summed E-state index contributed by atoms with van der Waals surface area (Å²) in [6.45, 7) is 9.61. The molecular formula is C13H21NO4. The maximum atomic E-state index is 11.4. The van der Waals surface area contributed by atoms with Crippen LogP contribution in [0.2, 0.25) is 0 Å². The van der Waals surface area contributed by atoms with Gasteiger partial charge >= 0.3 is 6.09 Å². The molecule has 0 aromatic heterocycles. The number of hydrogen-bond acceptors (Lipinski definition) is 4. The zero-order valence-corrected chi connectivity index (χ0v) is 11.2. The summed E-state index contributed by atoms with van der Waals surface area (Å²) in [6, 6.07) is 0. The Morgan fingerprint density at radius 2 is 2.17 bits per heavy atom. The van der Waals surface area contributed by atoms with Gasteiger partial charge in [0.25, 0.3) is 0 Å². The second kappa shape index (κ2) is 6.00. The van der Waals surface area contributed by atoms with E-state index in [1.165, 1.54) is 6.08 Å². The van der Waals surface area contributed by atoms with Crippen molar-refractivity contribution >= 4 is 11.9 Å². The SMILES string of the molecule is C=CC(=O)C1COC(CNC(=O)OC(C)(C)C)C1. The fourth-order valence-electron chi connectivity index (χ4n) is 1.72. The van der Waals surface area contributed by atoms with Gasteiger partial charge in [0.05, 0.1) is 12.7 Å². The fourth-order valence-corrected chi connectivity index (χ4v) is 1.72. The number of nitrogens with one attached hydrogen (secondary N) is 1. The van der Waals surface area contributed by atoms with Gasteiger partial charge in [0, 0.05) is 12.5 Å². The maximum absolute atomic E-state index is 11.4. The Morgan fingerprint density at radius 1 is 1.50 bits per heavy atom. The fraction of sp³-hybridized carbons (Fsp3) is 0.692. The third-order valence-electron chi connectivity index (χ3n) is 2.56. The highest BCUT2D eigenvalue weighted by Crippen LogP contribution is 2.20. The van der Waals surface area contributed by atoms with Gasteiger partial charge in [-0.25, -0.2) is 4.79 Å². The summed E-state index contributed by atoms with van der Waals surface area (Å²) in [5, 5.41) is 2.64. The van der Waals surface area contributed by atoms with Crippen molar-refractivity contribution in [3.8, 4) is 0 Å². The van der Waals surface area contributed by atoms with Gasteiger partial charge in [-0.3, -0.25) is 4.79 Å². The molecule has 2 unspecified atom stereocenters. The van der Waals surface area contributed by atoms with Crippen molar-refractivity contribution in [2.75, 3.05) is 13.2 Å². The number of alkyl carbamates (subject to hydrolysis) is 1. The van der Waals surface area contributed by atoms with Gasteiger partial charge in [-0.15, -0.1) is 0 Å². The standard InChI is InChI=1S/C13H21NO4/c1-5-11(15)9-6-10(17-8-9)7-14-12(16)18-13(2,3)4/h5,9-10H,1,6-8H2,2-4H3,(H,14,16). The smallest absolute Gasteiger partial charge is 0.407 e. The summed E-state index contributed by atoms with van der Waals surface area (Å²) in [7, 11) is 0. The third kappa shape index (κ3) is 4.87. The molecule has 1 fully saturated rings. The molecule has 102 valence electrons. The first-order valence-corrected chi connectivity index (χ1v) is 6.06. The highest BCUT2D eigenvalue weighted by Gasteiger charge is 2.29. The summed E-state index contributed by atoms with van der Waals surface area (Å²) in [5.74, 6) is -0.136. The lowest BCUT2D eigenvalue weighted by molar-refractivity contribution is -0.118. The third-order valence-corrected chi connectivity index (χ3v) is 2.56. The van der Waals surface area contributed by atoms with Gasteiger partial charge in [0.15, 0.2) is 5.78 Å². The molecule has 0 bridgehead atoms. The van der Waals surface area contributed by atoms with Crippen LogP contribution in [0.15, 0.2) is 12.7 Å². The summed E-state index contributed by atoms with van der Waals surface area (Å²) in [4.78, 5) is 22.8. The number of carbonyl (C=O) groups is 2. The summed E-state index contributed by atoms with van der Waals surface area (Å²) < 4.78 is 10.5. The van der Waals surface area contributed by atoms with E-state index in [0.717, 1.165) is 0 Å². The highest BCUT2D eigenvalue weighted by atomic mass is 16.6. The molecule has 0 radical (unpaired) electrons. The molecule has 1 saturated heterocycles. The Kier molecular flexibility index (Phi) is 4.90. The predicted molar refractivity (Wildman–Crippen MR) is 67.3 cm³/mol. The number of ether oxygens (including phenoxy) is 2. The summed E-state index contributed by atoms with van der Waals surface area (Å²) in [5.41, 5.74) is -0.512. The van der Waals surface area contributed by atoms with E-state index in [1.807, 2.05) is 0 Å². The molecule has 0 spiro atoms. The van der Waals surface area contributed by atoms with E-state index in [4.69, 9.17) is 9.47 Å². The zero-order valence-electron chi connectivity index (χ0n) is 11.2. The number of hydrogen-bond donors (Lipinski definition) is 1. The Morgan fingerprint density at radius 3 is 2.72 bits per heavy atom. The molecule has 0 aromatic carbocycles. The normalized spacial score (nSPS) is 23.5. The highest BCUT2D eigenvalue weighted by molar-refractivity contribution is 5.91. The number of carbonyl (C=O) groups excluding carboxylic acids is 2. The van der Waals surface area contributed by atoms with Crippen LogP contribution in [0.5, 0.6) is 0 Å². The van der Waals surface area contributed by atoms with Gasteiger partial charge in [-0.05, 0) is 33.3 Å². The average molecular weight is 255 g/mol. The quantitative estimate of drug-likeness (QED) is 0.776. The van der Waals surface area contributed by atoms with Gasteiger partial charge in [-0.1, -0.05) is 6.58 Å². The minimum Gasteiger partial charge on any atom is -0.444 e. The van der Waals surface area contributed by atoms with Crippen LogP contribution in [0, 0.1) is 5.92 Å². The second-order valence-electron chi connectivity index (χ2n) is 5.38. The van der Waals surface area contributed by atoms with E-state index in [-0.39, 0.29) is 17.8 Å². The van der Waals surface area contributed by atoms with Crippen LogP contribution in [0.25, 0.3) is 0 Å². The van der Waals surface area contributed by atoms with Crippen LogP contribution in [0.4, 0.5) is 4.79 Å². The Bertz CT molecular complexity index is 332. The molecule has 1 amide bonds. The molecule has 0 saturated carbocycles. The van der Waals surface area contributed by atoms with Crippen LogP contribution in [0.1, 0.15) is 27.2 Å². The average Bonchev–Trinajstić information content (AvgIpc) is 2.71.